The van der Waals surface area contributed by atoms with Gasteiger partial charge in [-0.25, -0.2) is 4.68 Å². The molecule has 0 bridgehead atoms. The number of carbonyl (C=O) groups is 1. The van der Waals surface area contributed by atoms with E-state index in [1.807, 2.05) is 12.1 Å². The highest BCUT2D eigenvalue weighted by molar-refractivity contribution is 6.30. The van der Waals surface area contributed by atoms with Gasteiger partial charge in [-0.05, 0) is 29.8 Å². The van der Waals surface area contributed by atoms with E-state index in [1.165, 1.54) is 18.9 Å². The summed E-state index contributed by atoms with van der Waals surface area (Å²) in [6.07, 6.45) is 0. The summed E-state index contributed by atoms with van der Waals surface area (Å²) in [6.45, 7) is 0.350. The van der Waals surface area contributed by atoms with Crippen LogP contribution in [-0.2, 0) is 6.54 Å². The van der Waals surface area contributed by atoms with Crippen LogP contribution in [0, 0.1) is 0 Å². The van der Waals surface area contributed by atoms with Crippen LogP contribution in [0.5, 0.6) is 11.5 Å². The molecule has 0 atom stereocenters. The van der Waals surface area contributed by atoms with Crippen LogP contribution in [0.1, 0.15) is 16.1 Å². The van der Waals surface area contributed by atoms with Crippen LogP contribution in [0.4, 0.5) is 11.5 Å². The molecule has 0 aliphatic heterocycles. The maximum atomic E-state index is 12.5. The van der Waals surface area contributed by atoms with Crippen molar-refractivity contribution in [1.82, 2.24) is 15.0 Å². The molecule has 3 N–H and O–H groups in total. The fourth-order valence-corrected chi connectivity index (χ4v) is 2.72. The van der Waals surface area contributed by atoms with Crippen molar-refractivity contribution in [2.75, 3.05) is 25.3 Å². The Labute approximate surface area is 160 Å². The molecule has 8 nitrogen and oxygen atoms in total. The van der Waals surface area contributed by atoms with E-state index in [1.54, 1.807) is 30.3 Å². The fourth-order valence-electron chi connectivity index (χ4n) is 2.51. The molecule has 0 aliphatic carbocycles. The Kier molecular flexibility index (Phi) is 5.46. The van der Waals surface area contributed by atoms with E-state index in [0.29, 0.717) is 28.8 Å². The van der Waals surface area contributed by atoms with Gasteiger partial charge in [0.15, 0.2) is 23.0 Å². The van der Waals surface area contributed by atoms with Gasteiger partial charge >= 0.3 is 0 Å². The van der Waals surface area contributed by atoms with Gasteiger partial charge in [0, 0.05) is 16.8 Å². The van der Waals surface area contributed by atoms with E-state index < -0.39 is 5.91 Å². The highest BCUT2D eigenvalue weighted by Crippen LogP contribution is 2.30. The van der Waals surface area contributed by atoms with Gasteiger partial charge in [0.2, 0.25) is 0 Å². The van der Waals surface area contributed by atoms with Crippen molar-refractivity contribution in [3.63, 3.8) is 0 Å². The SMILES string of the molecule is COc1ccc(NC(=O)c2nnn(Cc3cccc(Cl)c3)c2N)cc1OC. The third-order valence-electron chi connectivity index (χ3n) is 3.85. The minimum Gasteiger partial charge on any atom is -0.493 e. The number of nitrogens with zero attached hydrogens (tertiary/aromatic N) is 3. The van der Waals surface area contributed by atoms with Crippen molar-refractivity contribution in [2.24, 2.45) is 0 Å². The Bertz CT molecular complexity index is 973. The molecule has 0 spiro atoms. The minimum atomic E-state index is -0.475. The second-order valence-corrected chi connectivity index (χ2v) is 6.07. The van der Waals surface area contributed by atoms with E-state index in [-0.39, 0.29) is 11.5 Å². The van der Waals surface area contributed by atoms with E-state index in [0.717, 1.165) is 5.56 Å². The first kappa shape index (κ1) is 18.5. The number of halogens is 1. The number of carbonyl (C=O) groups excluding carboxylic acids is 1. The Morgan fingerprint density at radius 1 is 1.19 bits per heavy atom. The van der Waals surface area contributed by atoms with Crippen molar-refractivity contribution in [2.45, 2.75) is 6.54 Å². The number of hydrogen-bond acceptors (Lipinski definition) is 6. The normalized spacial score (nSPS) is 10.5. The second-order valence-electron chi connectivity index (χ2n) is 5.63. The Morgan fingerprint density at radius 2 is 1.96 bits per heavy atom. The van der Waals surface area contributed by atoms with Gasteiger partial charge in [-0.2, -0.15) is 0 Å². The minimum absolute atomic E-state index is 0.0341. The maximum Gasteiger partial charge on any atom is 0.280 e. The van der Waals surface area contributed by atoms with Gasteiger partial charge in [-0.15, -0.1) is 5.10 Å². The molecule has 3 aromatic rings. The summed E-state index contributed by atoms with van der Waals surface area (Å²) in [6, 6.07) is 12.3. The van der Waals surface area contributed by atoms with Gasteiger partial charge in [-0.3, -0.25) is 4.79 Å². The van der Waals surface area contributed by atoms with Crippen LogP contribution in [0.15, 0.2) is 42.5 Å². The number of aromatic nitrogens is 3. The average molecular weight is 388 g/mol. The summed E-state index contributed by atoms with van der Waals surface area (Å²) in [7, 11) is 3.05. The predicted octanol–water partition coefficient (Wildman–Crippen LogP) is 2.83. The van der Waals surface area contributed by atoms with Crippen molar-refractivity contribution in [3.8, 4) is 11.5 Å². The molecule has 9 heteroatoms. The lowest BCUT2D eigenvalue weighted by Crippen LogP contribution is -2.15. The first-order valence-electron chi connectivity index (χ1n) is 7.98. The van der Waals surface area contributed by atoms with Gasteiger partial charge in [-0.1, -0.05) is 28.9 Å². The van der Waals surface area contributed by atoms with E-state index >= 15 is 0 Å². The van der Waals surface area contributed by atoms with Crippen LogP contribution in [0.25, 0.3) is 0 Å². The Morgan fingerprint density at radius 3 is 2.67 bits per heavy atom. The number of hydrogen-bond donors (Lipinski definition) is 2. The molecular weight excluding hydrogens is 370 g/mol. The van der Waals surface area contributed by atoms with Crippen molar-refractivity contribution in [1.29, 1.82) is 0 Å². The van der Waals surface area contributed by atoms with Crippen molar-refractivity contribution >= 4 is 29.0 Å². The van der Waals surface area contributed by atoms with Gasteiger partial charge in [0.25, 0.3) is 5.91 Å². The lowest BCUT2D eigenvalue weighted by atomic mass is 10.2. The monoisotopic (exact) mass is 387 g/mol. The van der Waals surface area contributed by atoms with Gasteiger partial charge < -0.3 is 20.5 Å². The number of rotatable bonds is 6. The van der Waals surface area contributed by atoms with E-state index in [9.17, 15) is 4.79 Å². The largest absolute Gasteiger partial charge is 0.493 e. The predicted molar refractivity (Wildman–Crippen MR) is 102 cm³/mol. The smallest absolute Gasteiger partial charge is 0.280 e. The number of methoxy groups -OCH3 is 2. The molecular formula is C18H18ClN5O3. The molecule has 0 radical (unpaired) electrons. The zero-order valence-corrected chi connectivity index (χ0v) is 15.5. The first-order chi connectivity index (χ1) is 13.0. The second kappa shape index (κ2) is 7.96. The average Bonchev–Trinajstić information content (AvgIpc) is 3.02. The lowest BCUT2D eigenvalue weighted by molar-refractivity contribution is 0.102. The number of anilines is 2. The molecule has 3 rings (SSSR count). The molecule has 2 aromatic carbocycles. The molecule has 0 saturated carbocycles. The standard InChI is InChI=1S/C18H18ClN5O3/c1-26-14-7-6-13(9-15(14)27-2)21-18(25)16-17(20)24(23-22-16)10-11-4-3-5-12(19)8-11/h3-9H,10,20H2,1-2H3,(H,21,25). The van der Waals surface area contributed by atoms with Crippen LogP contribution in [0.2, 0.25) is 5.02 Å². The van der Waals surface area contributed by atoms with Crippen molar-refractivity contribution < 1.29 is 14.3 Å². The molecule has 140 valence electrons. The topological polar surface area (TPSA) is 104 Å². The van der Waals surface area contributed by atoms with Crippen LogP contribution in [-0.4, -0.2) is 35.1 Å². The summed E-state index contributed by atoms with van der Waals surface area (Å²) < 4.78 is 11.8. The summed E-state index contributed by atoms with van der Waals surface area (Å²) in [5.74, 6) is 0.736. The van der Waals surface area contributed by atoms with Crippen LogP contribution in [0.3, 0.4) is 0 Å². The summed E-state index contributed by atoms with van der Waals surface area (Å²) in [5, 5.41) is 11.2. The lowest BCUT2D eigenvalue weighted by Gasteiger charge is -2.10. The highest BCUT2D eigenvalue weighted by atomic mass is 35.5. The fraction of sp³-hybridized carbons (Fsp3) is 0.167. The van der Waals surface area contributed by atoms with Crippen molar-refractivity contribution in [3.05, 3.63) is 58.7 Å². The number of nitrogen functional groups attached to an aromatic ring is 1. The molecule has 0 unspecified atom stereocenters. The summed E-state index contributed by atoms with van der Waals surface area (Å²) in [4.78, 5) is 12.5. The zero-order chi connectivity index (χ0) is 19.4. The van der Waals surface area contributed by atoms with Gasteiger partial charge in [0.05, 0.1) is 20.8 Å². The third-order valence-corrected chi connectivity index (χ3v) is 4.09. The number of ether oxygens (including phenoxy) is 2. The van der Waals surface area contributed by atoms with E-state index in [2.05, 4.69) is 15.6 Å². The molecule has 0 fully saturated rings. The molecule has 1 aromatic heterocycles. The number of nitrogens with two attached hydrogens (primary N) is 1. The van der Waals surface area contributed by atoms with E-state index in [4.69, 9.17) is 26.8 Å². The Hall–Kier alpha value is -3.26. The van der Waals surface area contributed by atoms with Gasteiger partial charge in [0.1, 0.15) is 0 Å². The van der Waals surface area contributed by atoms with Crippen LogP contribution < -0.4 is 20.5 Å². The summed E-state index contributed by atoms with van der Waals surface area (Å²) in [5.41, 5.74) is 7.49. The maximum absolute atomic E-state index is 12.5. The number of benzene rings is 2. The quantitative estimate of drug-likeness (QED) is 0.674. The summed E-state index contributed by atoms with van der Waals surface area (Å²) >= 11 is 5.98. The zero-order valence-electron chi connectivity index (χ0n) is 14.8. The molecule has 1 heterocycles. The third kappa shape index (κ3) is 4.12. The molecule has 0 aliphatic rings. The first-order valence-corrected chi connectivity index (χ1v) is 8.36. The van der Waals surface area contributed by atoms with Crippen LogP contribution >= 0.6 is 11.6 Å². The number of amides is 1. The molecule has 27 heavy (non-hydrogen) atoms. The number of nitrogens with one attached hydrogen (secondary N) is 1. The highest BCUT2D eigenvalue weighted by Gasteiger charge is 2.18. The Balaban J connectivity index is 1.77. The molecule has 1 amide bonds. The molecule has 0 saturated heterocycles.